The molecule has 1 aliphatic heterocycles. The summed E-state index contributed by atoms with van der Waals surface area (Å²) >= 11 is 10.6. The molecule has 2 nitrogen and oxygen atoms in total. The molecule has 0 amide bonds. The van der Waals surface area contributed by atoms with Crippen molar-refractivity contribution in [2.24, 2.45) is 0 Å². The monoisotopic (exact) mass is 303 g/mol. The van der Waals surface area contributed by atoms with E-state index in [0.717, 1.165) is 31.6 Å². The Morgan fingerprint density at radius 2 is 1.89 bits per heavy atom. The zero-order valence-electron chi connectivity index (χ0n) is 11.3. The maximum atomic E-state index is 5.80. The average molecular weight is 303 g/mol. The first-order valence-electron chi connectivity index (χ1n) is 6.13. The Kier molecular flexibility index (Phi) is 6.89. The summed E-state index contributed by atoms with van der Waals surface area (Å²) < 4.78 is 7.67. The van der Waals surface area contributed by atoms with E-state index in [0.29, 0.717) is 0 Å². The maximum Gasteiger partial charge on any atom is 0.0924 e. The Bertz CT molecular complexity index is 405. The van der Waals surface area contributed by atoms with Crippen LogP contribution in [0.5, 0.6) is 0 Å². The Morgan fingerprint density at radius 1 is 1.28 bits per heavy atom. The topological polar surface area (TPSA) is 12.5 Å². The summed E-state index contributed by atoms with van der Waals surface area (Å²) in [5.41, 5.74) is 1.27. The molecule has 0 N–H and O–H groups in total. The third kappa shape index (κ3) is 4.67. The second-order valence-electron chi connectivity index (χ2n) is 4.45. The number of allylic oxidation sites excluding steroid dienone is 6. The van der Waals surface area contributed by atoms with Crippen LogP contribution in [0, 0.1) is 0 Å². The number of nitrogens with zero attached hydrogens (tertiary/aromatic N) is 1. The van der Waals surface area contributed by atoms with Gasteiger partial charge in [0.25, 0.3) is 0 Å². The van der Waals surface area contributed by atoms with Crippen molar-refractivity contribution >= 4 is 29.4 Å². The van der Waals surface area contributed by atoms with Crippen LogP contribution in [-0.4, -0.2) is 31.0 Å². The predicted octanol–water partition coefficient (Wildman–Crippen LogP) is 3.98. The van der Waals surface area contributed by atoms with Crippen molar-refractivity contribution in [3.8, 4) is 0 Å². The number of rotatable bonds is 4. The maximum absolute atomic E-state index is 5.80. The van der Waals surface area contributed by atoms with Gasteiger partial charge in [-0.05, 0) is 20.8 Å². The van der Waals surface area contributed by atoms with Crippen LogP contribution in [-0.2, 0) is 16.5 Å². The molecule has 0 spiro atoms. The molecule has 1 rings (SSSR count). The van der Waals surface area contributed by atoms with Crippen molar-refractivity contribution in [3.63, 3.8) is 0 Å². The Labute approximate surface area is 121 Å². The molecule has 0 radical (unpaired) electrons. The van der Waals surface area contributed by atoms with E-state index in [9.17, 15) is 0 Å². The van der Waals surface area contributed by atoms with Gasteiger partial charge in [-0.1, -0.05) is 41.7 Å². The van der Waals surface area contributed by atoms with Crippen LogP contribution in [0.4, 0.5) is 0 Å². The lowest BCUT2D eigenvalue weighted by atomic mass is 10.3. The molecular weight excluding hydrogens is 281 g/mol. The molecule has 0 aromatic heterocycles. The molecule has 1 atom stereocenters. The van der Waals surface area contributed by atoms with Crippen LogP contribution < -0.4 is 0 Å². The second-order valence-corrected chi connectivity index (χ2v) is 10.7. The zero-order chi connectivity index (χ0) is 13.6. The van der Waals surface area contributed by atoms with Crippen LogP contribution in [0.3, 0.4) is 0 Å². The number of morpholine rings is 1. The normalized spacial score (nSPS) is 21.9. The van der Waals surface area contributed by atoms with Gasteiger partial charge in [-0.15, -0.1) is 12.2 Å². The van der Waals surface area contributed by atoms with Gasteiger partial charge in [0.1, 0.15) is 0 Å². The van der Waals surface area contributed by atoms with E-state index in [-0.39, 0.29) is 0 Å². The summed E-state index contributed by atoms with van der Waals surface area (Å²) in [6.45, 7) is 9.45. The molecule has 1 heterocycles. The smallest absolute Gasteiger partial charge is 0.0924 e. The minimum Gasteiger partial charge on any atom is -0.379 e. The minimum atomic E-state index is -1.94. The first-order valence-corrected chi connectivity index (χ1v) is 10.0. The highest BCUT2D eigenvalue weighted by atomic mass is 32.9. The Balaban J connectivity index is 2.99. The molecular formula is C13H22NOPS2. The molecule has 1 unspecified atom stereocenters. The van der Waals surface area contributed by atoms with Crippen molar-refractivity contribution in [2.75, 3.05) is 26.3 Å². The molecule has 1 saturated heterocycles. The third-order valence-corrected chi connectivity index (χ3v) is 7.55. The summed E-state index contributed by atoms with van der Waals surface area (Å²) in [6, 6.07) is 0. The van der Waals surface area contributed by atoms with E-state index in [2.05, 4.69) is 36.7 Å². The molecule has 1 fully saturated rings. The fraction of sp³-hybridized carbons (Fsp3) is 0.538. The van der Waals surface area contributed by atoms with Gasteiger partial charge in [0.15, 0.2) is 0 Å². The van der Waals surface area contributed by atoms with Gasteiger partial charge in [-0.2, -0.15) is 0 Å². The van der Waals surface area contributed by atoms with Gasteiger partial charge < -0.3 is 4.74 Å². The van der Waals surface area contributed by atoms with Crippen molar-refractivity contribution < 1.29 is 4.74 Å². The Morgan fingerprint density at radius 3 is 2.39 bits per heavy atom. The van der Waals surface area contributed by atoms with Gasteiger partial charge in [0.05, 0.1) is 18.6 Å². The fourth-order valence-corrected chi connectivity index (χ4v) is 5.10. The summed E-state index contributed by atoms with van der Waals surface area (Å²) in [5, 5.41) is -0.795. The standard InChI is InChI=1S/C13H22NOPS2/c1-4-5-13(7-6-12(2)3)16(17,18)14-8-10-15-11-9-14/h4-7H,8-11H2,1-3H3,(H,17,18)/b5-4-,13-7+. The number of ether oxygens (including phenoxy) is 1. The van der Waals surface area contributed by atoms with Gasteiger partial charge in [-0.25, -0.2) is 0 Å². The van der Waals surface area contributed by atoms with E-state index >= 15 is 0 Å². The predicted molar refractivity (Wildman–Crippen MR) is 88.0 cm³/mol. The van der Waals surface area contributed by atoms with E-state index in [1.165, 1.54) is 5.57 Å². The van der Waals surface area contributed by atoms with Crippen molar-refractivity contribution in [2.45, 2.75) is 20.8 Å². The minimum absolute atomic E-state index is 0.755. The van der Waals surface area contributed by atoms with Gasteiger partial charge in [0.2, 0.25) is 0 Å². The largest absolute Gasteiger partial charge is 0.379 e. The molecule has 0 saturated carbocycles. The number of hydrogen-bond acceptors (Lipinski definition) is 2. The highest BCUT2D eigenvalue weighted by Gasteiger charge is 2.26. The average Bonchev–Trinajstić information content (AvgIpc) is 2.35. The molecule has 0 aliphatic carbocycles. The summed E-state index contributed by atoms with van der Waals surface area (Å²) in [7, 11) is 0. The lowest BCUT2D eigenvalue weighted by Gasteiger charge is -2.35. The lowest BCUT2D eigenvalue weighted by Crippen LogP contribution is -2.32. The van der Waals surface area contributed by atoms with Gasteiger partial charge in [-0.3, -0.25) is 4.67 Å². The van der Waals surface area contributed by atoms with Crippen molar-refractivity contribution in [1.82, 2.24) is 4.67 Å². The summed E-state index contributed by atoms with van der Waals surface area (Å²) in [5.74, 6) is 0. The summed E-state index contributed by atoms with van der Waals surface area (Å²) in [4.78, 5) is 0. The van der Waals surface area contributed by atoms with Gasteiger partial charge >= 0.3 is 0 Å². The summed E-state index contributed by atoms with van der Waals surface area (Å²) in [6.07, 6.45) is 8.33. The highest BCUT2D eigenvalue weighted by Crippen LogP contribution is 2.62. The molecule has 1 aliphatic rings. The Hall–Kier alpha value is 0.140. The highest BCUT2D eigenvalue weighted by molar-refractivity contribution is 8.64. The molecule has 5 heteroatoms. The van der Waals surface area contributed by atoms with E-state index < -0.39 is 5.39 Å². The quantitative estimate of drug-likeness (QED) is 0.479. The molecule has 0 bridgehead atoms. The fourth-order valence-electron chi connectivity index (χ4n) is 1.66. The van der Waals surface area contributed by atoms with E-state index in [4.69, 9.17) is 28.8 Å². The van der Waals surface area contributed by atoms with Gasteiger partial charge in [0, 0.05) is 18.4 Å². The molecule has 0 aromatic rings. The van der Waals surface area contributed by atoms with Crippen LogP contribution in [0.25, 0.3) is 0 Å². The number of thiol groups is 1. The van der Waals surface area contributed by atoms with Crippen molar-refractivity contribution in [1.29, 1.82) is 0 Å². The molecule has 0 aromatic carbocycles. The first-order chi connectivity index (χ1) is 8.48. The molecule has 102 valence electrons. The SMILES string of the molecule is C/C=C\C(=C/C=C(C)C)P(=S)(S)N1CCOCC1. The van der Waals surface area contributed by atoms with Crippen LogP contribution in [0.1, 0.15) is 20.8 Å². The zero-order valence-corrected chi connectivity index (χ0v) is 13.9. The van der Waals surface area contributed by atoms with Crippen LogP contribution >= 0.6 is 17.6 Å². The number of hydrogen-bond donors (Lipinski definition) is 1. The van der Waals surface area contributed by atoms with E-state index in [1.807, 2.05) is 13.0 Å². The van der Waals surface area contributed by atoms with Crippen molar-refractivity contribution in [3.05, 3.63) is 35.2 Å². The first kappa shape index (κ1) is 16.2. The molecule has 18 heavy (non-hydrogen) atoms. The van der Waals surface area contributed by atoms with E-state index in [1.54, 1.807) is 0 Å². The second kappa shape index (κ2) is 7.66. The third-order valence-electron chi connectivity index (χ3n) is 2.63. The lowest BCUT2D eigenvalue weighted by molar-refractivity contribution is 0.0757. The van der Waals surface area contributed by atoms with Crippen LogP contribution in [0.15, 0.2) is 35.2 Å². The van der Waals surface area contributed by atoms with Crippen LogP contribution in [0.2, 0.25) is 0 Å².